The highest BCUT2D eigenvalue weighted by atomic mass is 32.2. The largest absolute Gasteiger partial charge is 0.352 e. The molecule has 2 amide bonds. The minimum Gasteiger partial charge on any atom is -0.352 e. The number of nitrogens with one attached hydrogen (secondary N) is 1. The Morgan fingerprint density at radius 2 is 1.52 bits per heavy atom. The van der Waals surface area contributed by atoms with Crippen LogP contribution in [0, 0.1) is 20.8 Å². The van der Waals surface area contributed by atoms with Crippen LogP contribution >= 0.6 is 0 Å². The third-order valence-electron chi connectivity index (χ3n) is 8.82. The quantitative estimate of drug-likeness (QED) is 0.246. The summed E-state index contributed by atoms with van der Waals surface area (Å²) >= 11 is 0. The highest BCUT2D eigenvalue weighted by molar-refractivity contribution is 7.92. The lowest BCUT2D eigenvalue weighted by molar-refractivity contribution is -0.141. The molecule has 3 aromatic rings. The van der Waals surface area contributed by atoms with Gasteiger partial charge in [0, 0.05) is 32.0 Å². The third kappa shape index (κ3) is 8.94. The molecule has 0 heterocycles. The average molecular weight is 618 g/mol. The molecule has 0 unspecified atom stereocenters. The summed E-state index contributed by atoms with van der Waals surface area (Å²) in [5, 5.41) is 3.28. The summed E-state index contributed by atoms with van der Waals surface area (Å²) in [5.74, 6) is -0.293. The van der Waals surface area contributed by atoms with Crippen molar-refractivity contribution in [2.75, 3.05) is 17.1 Å². The lowest BCUT2D eigenvalue weighted by atomic mass is 9.94. The fourth-order valence-electron chi connectivity index (χ4n) is 6.06. The number of benzene rings is 3. The summed E-state index contributed by atoms with van der Waals surface area (Å²) in [7, 11) is -3.57. The predicted octanol–water partition coefficient (Wildman–Crippen LogP) is 6.25. The second-order valence-electron chi connectivity index (χ2n) is 12.2. The van der Waals surface area contributed by atoms with Gasteiger partial charge >= 0.3 is 0 Å². The Kier molecular flexibility index (Phi) is 11.6. The van der Waals surface area contributed by atoms with Crippen molar-refractivity contribution in [3.63, 3.8) is 0 Å². The molecule has 0 bridgehead atoms. The zero-order chi connectivity index (χ0) is 31.7. The van der Waals surface area contributed by atoms with Gasteiger partial charge in [-0.05, 0) is 73.9 Å². The average Bonchev–Trinajstić information content (AvgIpc) is 3.00. The third-order valence-corrected chi connectivity index (χ3v) is 10.0. The van der Waals surface area contributed by atoms with Crippen LogP contribution in [-0.4, -0.2) is 50.0 Å². The van der Waals surface area contributed by atoms with Crippen molar-refractivity contribution in [1.29, 1.82) is 0 Å². The summed E-state index contributed by atoms with van der Waals surface area (Å²) in [5.41, 5.74) is 5.55. The minimum absolute atomic E-state index is 0.116. The Bertz CT molecular complexity index is 1520. The molecule has 1 aliphatic rings. The number of carbonyl (C=O) groups is 2. The van der Waals surface area contributed by atoms with Gasteiger partial charge in [0.1, 0.15) is 6.04 Å². The number of sulfonamides is 1. The maximum atomic E-state index is 14.2. The van der Waals surface area contributed by atoms with Crippen LogP contribution < -0.4 is 9.62 Å². The summed E-state index contributed by atoms with van der Waals surface area (Å²) < 4.78 is 27.1. The molecule has 0 aromatic heterocycles. The van der Waals surface area contributed by atoms with Crippen LogP contribution in [0.3, 0.4) is 0 Å². The van der Waals surface area contributed by atoms with E-state index in [2.05, 4.69) is 5.32 Å². The lowest BCUT2D eigenvalue weighted by Gasteiger charge is -2.34. The van der Waals surface area contributed by atoms with Crippen LogP contribution in [0.15, 0.2) is 72.8 Å². The van der Waals surface area contributed by atoms with Crippen molar-refractivity contribution in [1.82, 2.24) is 10.2 Å². The first-order chi connectivity index (χ1) is 21.0. The molecule has 44 heavy (non-hydrogen) atoms. The van der Waals surface area contributed by atoms with E-state index >= 15 is 0 Å². The molecule has 0 saturated heterocycles. The van der Waals surface area contributed by atoms with E-state index in [0.29, 0.717) is 25.1 Å². The number of anilines is 1. The van der Waals surface area contributed by atoms with Crippen molar-refractivity contribution in [3.05, 3.63) is 101 Å². The molecule has 0 radical (unpaired) electrons. The highest BCUT2D eigenvalue weighted by Crippen LogP contribution is 2.26. The summed E-state index contributed by atoms with van der Waals surface area (Å²) in [4.78, 5) is 29.9. The van der Waals surface area contributed by atoms with Gasteiger partial charge in [-0.15, -0.1) is 0 Å². The predicted molar refractivity (Wildman–Crippen MR) is 178 cm³/mol. The van der Waals surface area contributed by atoms with E-state index in [4.69, 9.17) is 0 Å². The number of aryl methyl sites for hydroxylation is 2. The summed E-state index contributed by atoms with van der Waals surface area (Å²) in [6.45, 7) is 6.35. The van der Waals surface area contributed by atoms with E-state index in [-0.39, 0.29) is 30.8 Å². The molecule has 236 valence electrons. The van der Waals surface area contributed by atoms with Gasteiger partial charge in [0.15, 0.2) is 0 Å². The number of hydrogen-bond acceptors (Lipinski definition) is 4. The Morgan fingerprint density at radius 1 is 0.864 bits per heavy atom. The maximum Gasteiger partial charge on any atom is 0.243 e. The van der Waals surface area contributed by atoms with Crippen molar-refractivity contribution in [2.24, 2.45) is 0 Å². The Morgan fingerprint density at radius 3 is 2.20 bits per heavy atom. The van der Waals surface area contributed by atoms with Crippen LogP contribution in [0.4, 0.5) is 5.69 Å². The molecule has 3 aromatic carbocycles. The number of amides is 2. The van der Waals surface area contributed by atoms with Crippen LogP contribution in [0.25, 0.3) is 0 Å². The molecule has 0 spiro atoms. The summed E-state index contributed by atoms with van der Waals surface area (Å²) in [6, 6.07) is 22.8. The normalized spacial score (nSPS) is 14.5. The SMILES string of the molecule is Cc1ccccc1CN(C(=O)CCCN(c1cccc(C)c1C)S(C)(=O)=O)[C@@H](Cc1ccccc1)C(=O)NC1CCCCC1. The van der Waals surface area contributed by atoms with Crippen LogP contribution in [0.5, 0.6) is 0 Å². The number of carbonyl (C=O) groups excluding carboxylic acids is 2. The zero-order valence-corrected chi connectivity index (χ0v) is 27.4. The van der Waals surface area contributed by atoms with Crippen molar-refractivity contribution in [2.45, 2.75) is 90.8 Å². The van der Waals surface area contributed by atoms with E-state index in [1.807, 2.05) is 87.5 Å². The van der Waals surface area contributed by atoms with Gasteiger partial charge in [0.2, 0.25) is 21.8 Å². The molecule has 4 rings (SSSR count). The van der Waals surface area contributed by atoms with Crippen LogP contribution in [0.2, 0.25) is 0 Å². The van der Waals surface area contributed by atoms with E-state index < -0.39 is 16.1 Å². The maximum absolute atomic E-state index is 14.2. The smallest absolute Gasteiger partial charge is 0.243 e. The zero-order valence-electron chi connectivity index (χ0n) is 26.6. The Labute approximate surface area is 263 Å². The first-order valence-electron chi connectivity index (χ1n) is 15.8. The topological polar surface area (TPSA) is 86.8 Å². The highest BCUT2D eigenvalue weighted by Gasteiger charge is 2.32. The molecule has 1 fully saturated rings. The molecular formula is C36H47N3O4S. The fourth-order valence-corrected chi connectivity index (χ4v) is 7.07. The first-order valence-corrected chi connectivity index (χ1v) is 17.6. The molecule has 1 aliphatic carbocycles. The lowest BCUT2D eigenvalue weighted by Crippen LogP contribution is -2.53. The van der Waals surface area contributed by atoms with E-state index in [9.17, 15) is 18.0 Å². The van der Waals surface area contributed by atoms with Crippen molar-refractivity contribution >= 4 is 27.5 Å². The monoisotopic (exact) mass is 617 g/mol. The Balaban J connectivity index is 1.61. The van der Waals surface area contributed by atoms with E-state index in [1.165, 1.54) is 17.0 Å². The molecule has 0 aliphatic heterocycles. The van der Waals surface area contributed by atoms with Crippen LogP contribution in [-0.2, 0) is 32.6 Å². The van der Waals surface area contributed by atoms with E-state index in [0.717, 1.165) is 53.5 Å². The first kappa shape index (κ1) is 33.2. The Hall–Kier alpha value is -3.65. The molecule has 1 N–H and O–H groups in total. The van der Waals surface area contributed by atoms with Gasteiger partial charge in [0.05, 0.1) is 11.9 Å². The second-order valence-corrected chi connectivity index (χ2v) is 14.1. The molecule has 8 heteroatoms. The number of nitrogens with zero attached hydrogens (tertiary/aromatic N) is 2. The van der Waals surface area contributed by atoms with Crippen molar-refractivity contribution in [3.8, 4) is 0 Å². The minimum atomic E-state index is -3.57. The second kappa shape index (κ2) is 15.4. The van der Waals surface area contributed by atoms with E-state index in [1.54, 1.807) is 11.0 Å². The fraction of sp³-hybridized carbons (Fsp3) is 0.444. The number of rotatable bonds is 13. The molecule has 1 saturated carbocycles. The van der Waals surface area contributed by atoms with Gasteiger partial charge in [-0.3, -0.25) is 13.9 Å². The van der Waals surface area contributed by atoms with Crippen LogP contribution in [0.1, 0.15) is 72.8 Å². The molecular weight excluding hydrogens is 570 g/mol. The van der Waals surface area contributed by atoms with Gasteiger partial charge in [0.25, 0.3) is 0 Å². The van der Waals surface area contributed by atoms with Gasteiger partial charge in [-0.1, -0.05) is 86.0 Å². The van der Waals surface area contributed by atoms with Gasteiger partial charge in [-0.25, -0.2) is 8.42 Å². The summed E-state index contributed by atoms with van der Waals surface area (Å²) in [6.07, 6.45) is 7.32. The van der Waals surface area contributed by atoms with Gasteiger partial charge < -0.3 is 10.2 Å². The standard InChI is InChI=1S/C36H47N3O4S/c1-27-16-13-22-33(29(27)3)39(44(4,42)43)24-14-23-35(40)38(26-31-19-12-11-15-28(31)2)34(25-30-17-7-5-8-18-30)36(41)37-32-20-9-6-10-21-32/h5,7-8,11-13,15-19,22,32,34H,6,9-10,14,20-21,23-26H2,1-4H3,(H,37,41)/t34-/m0/s1. The van der Waals surface area contributed by atoms with Gasteiger partial charge in [-0.2, -0.15) is 0 Å². The van der Waals surface area contributed by atoms with Crippen molar-refractivity contribution < 1.29 is 18.0 Å². The molecule has 1 atom stereocenters. The number of hydrogen-bond donors (Lipinski definition) is 1. The molecule has 7 nitrogen and oxygen atoms in total.